The highest BCUT2D eigenvalue weighted by molar-refractivity contribution is 5.79. The first-order chi connectivity index (χ1) is 9.70. The minimum atomic E-state index is -0.325. The minimum absolute atomic E-state index is 0.00839. The monoisotopic (exact) mass is 281 g/mol. The van der Waals surface area contributed by atoms with Gasteiger partial charge in [-0.15, -0.1) is 0 Å². The van der Waals surface area contributed by atoms with Crippen LogP contribution in [0.4, 0.5) is 0 Å². The van der Waals surface area contributed by atoms with E-state index in [1.54, 1.807) is 0 Å². The van der Waals surface area contributed by atoms with Gasteiger partial charge in [-0.25, -0.2) is 0 Å². The average Bonchev–Trinajstić information content (AvgIpc) is 2.48. The van der Waals surface area contributed by atoms with Gasteiger partial charge < -0.3 is 10.4 Å². The van der Waals surface area contributed by atoms with Crippen LogP contribution in [-0.4, -0.2) is 23.2 Å². The van der Waals surface area contributed by atoms with Crippen molar-refractivity contribution in [1.29, 1.82) is 0 Å². The molecule has 2 atom stereocenters. The fourth-order valence-corrected chi connectivity index (χ4v) is 3.79. The Hall–Kier alpha value is -0.570. The molecule has 0 aromatic rings. The second kappa shape index (κ2) is 8.02. The van der Waals surface area contributed by atoms with Crippen molar-refractivity contribution in [2.75, 3.05) is 0 Å². The van der Waals surface area contributed by atoms with Gasteiger partial charge in [0.15, 0.2) is 0 Å². The summed E-state index contributed by atoms with van der Waals surface area (Å²) in [4.78, 5) is 12.3. The maximum Gasteiger partial charge on any atom is 0.223 e. The van der Waals surface area contributed by atoms with Crippen molar-refractivity contribution in [3.8, 4) is 0 Å². The van der Waals surface area contributed by atoms with Crippen molar-refractivity contribution in [3.05, 3.63) is 0 Å². The number of carbonyl (C=O) groups excluding carboxylic acids is 1. The Balaban J connectivity index is 1.71. The van der Waals surface area contributed by atoms with Gasteiger partial charge in [0.05, 0.1) is 12.1 Å². The number of hydrogen-bond donors (Lipinski definition) is 2. The van der Waals surface area contributed by atoms with E-state index in [9.17, 15) is 9.90 Å². The van der Waals surface area contributed by atoms with Crippen molar-refractivity contribution >= 4 is 5.91 Å². The van der Waals surface area contributed by atoms with Crippen LogP contribution in [0.3, 0.4) is 0 Å². The predicted molar refractivity (Wildman–Crippen MR) is 81.4 cm³/mol. The van der Waals surface area contributed by atoms with Crippen LogP contribution >= 0.6 is 0 Å². The molecule has 0 saturated heterocycles. The Labute approximate surface area is 123 Å². The highest BCUT2D eigenvalue weighted by Gasteiger charge is 2.30. The Morgan fingerprint density at radius 2 is 1.80 bits per heavy atom. The molecule has 0 bridgehead atoms. The summed E-state index contributed by atoms with van der Waals surface area (Å²) in [5, 5.41) is 13.0. The normalized spacial score (nSPS) is 34.7. The van der Waals surface area contributed by atoms with E-state index in [0.717, 1.165) is 44.4 Å². The number of carbonyl (C=O) groups is 1. The second-order valence-electron chi connectivity index (χ2n) is 6.83. The summed E-state index contributed by atoms with van der Waals surface area (Å²) in [7, 11) is 0. The molecule has 2 N–H and O–H groups in total. The molecule has 2 fully saturated rings. The van der Waals surface area contributed by atoms with Crippen LogP contribution in [0.25, 0.3) is 0 Å². The lowest BCUT2D eigenvalue weighted by Gasteiger charge is -2.32. The third-order valence-electron chi connectivity index (χ3n) is 5.24. The number of unbranched alkanes of at least 4 members (excludes halogenated alkanes) is 1. The summed E-state index contributed by atoms with van der Waals surface area (Å²) in [6, 6.07) is 0.00839. The van der Waals surface area contributed by atoms with Gasteiger partial charge >= 0.3 is 0 Å². The van der Waals surface area contributed by atoms with Gasteiger partial charge in [-0.05, 0) is 44.4 Å². The lowest BCUT2D eigenvalue weighted by Crippen LogP contribution is -2.47. The average molecular weight is 281 g/mol. The van der Waals surface area contributed by atoms with E-state index in [-0.39, 0.29) is 24.0 Å². The maximum atomic E-state index is 12.3. The molecule has 2 aliphatic carbocycles. The topological polar surface area (TPSA) is 49.3 Å². The molecule has 2 saturated carbocycles. The third-order valence-corrected chi connectivity index (χ3v) is 5.24. The highest BCUT2D eigenvalue weighted by Crippen LogP contribution is 2.32. The Kier molecular flexibility index (Phi) is 6.34. The summed E-state index contributed by atoms with van der Waals surface area (Å²) >= 11 is 0. The lowest BCUT2D eigenvalue weighted by molar-refractivity contribution is -0.128. The number of hydrogen-bond acceptors (Lipinski definition) is 2. The summed E-state index contributed by atoms with van der Waals surface area (Å²) in [6.45, 7) is 2.24. The van der Waals surface area contributed by atoms with Crippen molar-refractivity contribution < 1.29 is 9.90 Å². The molecule has 116 valence electrons. The second-order valence-corrected chi connectivity index (χ2v) is 6.83. The van der Waals surface area contributed by atoms with E-state index in [4.69, 9.17) is 0 Å². The van der Waals surface area contributed by atoms with E-state index >= 15 is 0 Å². The van der Waals surface area contributed by atoms with Crippen molar-refractivity contribution in [3.63, 3.8) is 0 Å². The molecular weight excluding hydrogens is 250 g/mol. The molecule has 2 aliphatic rings. The predicted octanol–water partition coefficient (Wildman–Crippen LogP) is 3.40. The molecule has 20 heavy (non-hydrogen) atoms. The third kappa shape index (κ3) is 4.47. The molecule has 0 aromatic heterocycles. The molecule has 2 rings (SSSR count). The van der Waals surface area contributed by atoms with E-state index in [2.05, 4.69) is 12.2 Å². The molecule has 0 radical (unpaired) electrons. The molecule has 0 aromatic carbocycles. The molecule has 0 heterocycles. The Bertz CT molecular complexity index is 297. The first kappa shape index (κ1) is 15.8. The van der Waals surface area contributed by atoms with E-state index in [0.29, 0.717) is 0 Å². The molecule has 3 nitrogen and oxygen atoms in total. The first-order valence-corrected chi connectivity index (χ1v) is 8.69. The van der Waals surface area contributed by atoms with Gasteiger partial charge in [0.1, 0.15) is 0 Å². The number of nitrogens with one attached hydrogen (secondary N) is 1. The van der Waals surface area contributed by atoms with E-state index < -0.39 is 0 Å². The summed E-state index contributed by atoms with van der Waals surface area (Å²) in [6.07, 6.45) is 12.1. The van der Waals surface area contributed by atoms with Gasteiger partial charge in [-0.3, -0.25) is 4.79 Å². The van der Waals surface area contributed by atoms with Crippen LogP contribution in [-0.2, 0) is 4.79 Å². The van der Waals surface area contributed by atoms with Crippen molar-refractivity contribution in [2.24, 2.45) is 11.8 Å². The van der Waals surface area contributed by atoms with Crippen LogP contribution in [0.15, 0.2) is 0 Å². The van der Waals surface area contributed by atoms with Gasteiger partial charge in [-0.1, -0.05) is 39.0 Å². The fourth-order valence-electron chi connectivity index (χ4n) is 3.79. The number of aliphatic hydroxyl groups excluding tert-OH is 1. The summed E-state index contributed by atoms with van der Waals surface area (Å²) < 4.78 is 0. The Morgan fingerprint density at radius 3 is 2.45 bits per heavy atom. The van der Waals surface area contributed by atoms with Crippen molar-refractivity contribution in [1.82, 2.24) is 5.32 Å². The number of amides is 1. The molecule has 0 spiro atoms. The van der Waals surface area contributed by atoms with E-state index in [1.807, 2.05) is 0 Å². The summed E-state index contributed by atoms with van der Waals surface area (Å²) in [5.74, 6) is 1.24. The number of aliphatic hydroxyl groups is 1. The van der Waals surface area contributed by atoms with Crippen LogP contribution in [0, 0.1) is 11.8 Å². The zero-order chi connectivity index (χ0) is 14.4. The molecular formula is C17H31NO2. The van der Waals surface area contributed by atoms with E-state index in [1.165, 1.54) is 32.1 Å². The van der Waals surface area contributed by atoms with Crippen LogP contribution in [0.5, 0.6) is 0 Å². The lowest BCUT2D eigenvalue weighted by atomic mass is 9.79. The zero-order valence-corrected chi connectivity index (χ0v) is 12.9. The van der Waals surface area contributed by atoms with Crippen molar-refractivity contribution in [2.45, 2.75) is 89.7 Å². The quantitative estimate of drug-likeness (QED) is 0.811. The van der Waals surface area contributed by atoms with Gasteiger partial charge in [0.2, 0.25) is 5.91 Å². The SMILES string of the molecule is CCCCC1CCC(C(=O)N[C@@H]2CCCC[C@H]2O)CC1. The van der Waals surface area contributed by atoms with Gasteiger partial charge in [-0.2, -0.15) is 0 Å². The summed E-state index contributed by atoms with van der Waals surface area (Å²) in [5.41, 5.74) is 0. The van der Waals surface area contributed by atoms with Crippen LogP contribution in [0.1, 0.15) is 77.6 Å². The first-order valence-electron chi connectivity index (χ1n) is 8.69. The fraction of sp³-hybridized carbons (Fsp3) is 0.941. The highest BCUT2D eigenvalue weighted by atomic mass is 16.3. The standard InChI is InChI=1S/C17H31NO2/c1-2-3-6-13-9-11-14(12-10-13)17(20)18-15-7-4-5-8-16(15)19/h13-16,19H,2-12H2,1H3,(H,18,20)/t13?,14?,15-,16-/m1/s1. The molecule has 1 amide bonds. The number of rotatable bonds is 5. The van der Waals surface area contributed by atoms with Gasteiger partial charge in [0.25, 0.3) is 0 Å². The zero-order valence-electron chi connectivity index (χ0n) is 12.9. The smallest absolute Gasteiger partial charge is 0.223 e. The Morgan fingerprint density at radius 1 is 1.10 bits per heavy atom. The maximum absolute atomic E-state index is 12.3. The van der Waals surface area contributed by atoms with Crippen LogP contribution in [0.2, 0.25) is 0 Å². The molecule has 0 unspecified atom stereocenters. The van der Waals surface area contributed by atoms with Gasteiger partial charge in [0, 0.05) is 5.92 Å². The molecule has 3 heteroatoms. The largest absolute Gasteiger partial charge is 0.391 e. The van der Waals surface area contributed by atoms with Crippen LogP contribution < -0.4 is 5.32 Å². The minimum Gasteiger partial charge on any atom is -0.391 e. The molecule has 0 aliphatic heterocycles.